The maximum absolute atomic E-state index is 14.1. The first-order valence-corrected chi connectivity index (χ1v) is 13.2. The molecule has 1 atom stereocenters. The number of carbonyl (C=O) groups excluding carboxylic acids is 1. The second kappa shape index (κ2) is 11.2. The average molecular weight is 557 g/mol. The second-order valence-corrected chi connectivity index (χ2v) is 10.0. The number of nitrogens with two attached hydrogens (primary N) is 1. The van der Waals surface area contributed by atoms with Crippen LogP contribution in [0.25, 0.3) is 22.1 Å². The number of hydrogen-bond donors (Lipinski definition) is 2. The molecule has 5 rings (SSSR count). The summed E-state index contributed by atoms with van der Waals surface area (Å²) in [5.74, 6) is -0.405. The van der Waals surface area contributed by atoms with Crippen LogP contribution in [0.3, 0.4) is 0 Å². The zero-order valence-electron chi connectivity index (χ0n) is 20.8. The predicted molar refractivity (Wildman–Crippen MR) is 147 cm³/mol. The number of furan rings is 1. The zero-order valence-corrected chi connectivity index (χ0v) is 22.3. The molecule has 0 bridgehead atoms. The third-order valence-corrected chi connectivity index (χ3v) is 7.47. The number of nitrogen functional groups attached to an aromatic ring is 1. The zero-order chi connectivity index (χ0) is 26.8. The van der Waals surface area contributed by atoms with E-state index < -0.39 is 11.9 Å². The number of aromatic nitrogens is 1. The van der Waals surface area contributed by atoms with E-state index in [1.54, 1.807) is 31.5 Å². The highest BCUT2D eigenvalue weighted by Gasteiger charge is 2.23. The average Bonchev–Trinajstić information content (AvgIpc) is 3.58. The number of carbonyl (C=O) groups is 1. The summed E-state index contributed by atoms with van der Waals surface area (Å²) in [6.07, 6.45) is 4.89. The van der Waals surface area contributed by atoms with Crippen LogP contribution < -0.4 is 15.8 Å². The van der Waals surface area contributed by atoms with Crippen molar-refractivity contribution in [3.63, 3.8) is 0 Å². The lowest BCUT2D eigenvalue weighted by Crippen LogP contribution is -2.33. The largest absolute Gasteiger partial charge is 0.478 e. The number of rotatable bonds is 8. The van der Waals surface area contributed by atoms with Crippen molar-refractivity contribution in [3.05, 3.63) is 75.8 Å². The Balaban J connectivity index is 1.35. The van der Waals surface area contributed by atoms with Crippen LogP contribution >= 0.6 is 23.2 Å². The first kappa shape index (κ1) is 26.3. The molecule has 1 fully saturated rings. The first-order valence-electron chi connectivity index (χ1n) is 12.4. The number of hydrogen-bond acceptors (Lipinski definition) is 6. The van der Waals surface area contributed by atoms with Crippen molar-refractivity contribution in [1.82, 2.24) is 15.2 Å². The lowest BCUT2D eigenvalue weighted by molar-refractivity contribution is 0.0949. The van der Waals surface area contributed by atoms with Gasteiger partial charge in [0.1, 0.15) is 11.9 Å². The molecule has 4 aromatic rings. The predicted octanol–water partition coefficient (Wildman–Crippen LogP) is 6.49. The van der Waals surface area contributed by atoms with Gasteiger partial charge < -0.3 is 25.1 Å². The van der Waals surface area contributed by atoms with Gasteiger partial charge in [-0.1, -0.05) is 35.3 Å². The minimum Gasteiger partial charge on any atom is -0.478 e. The third-order valence-electron chi connectivity index (χ3n) is 6.75. The van der Waals surface area contributed by atoms with Crippen LogP contribution in [0.15, 0.2) is 53.3 Å². The number of halogens is 3. The molecule has 2 aromatic heterocycles. The number of ether oxygens (including phenoxy) is 1. The molecule has 1 saturated heterocycles. The molecule has 1 aliphatic rings. The van der Waals surface area contributed by atoms with Crippen LogP contribution in [0.2, 0.25) is 10.0 Å². The van der Waals surface area contributed by atoms with E-state index in [0.29, 0.717) is 28.6 Å². The van der Waals surface area contributed by atoms with Gasteiger partial charge in [0.05, 0.1) is 16.7 Å². The van der Waals surface area contributed by atoms with Crippen molar-refractivity contribution in [3.8, 4) is 16.9 Å². The Bertz CT molecular complexity index is 1470. The van der Waals surface area contributed by atoms with Gasteiger partial charge in [0.15, 0.2) is 11.4 Å². The first-order chi connectivity index (χ1) is 18.3. The number of nitrogens with zero attached hydrogens (tertiary/aromatic N) is 2. The molecule has 0 saturated carbocycles. The summed E-state index contributed by atoms with van der Waals surface area (Å²) in [7, 11) is 0. The molecule has 38 heavy (non-hydrogen) atoms. The number of anilines is 1. The van der Waals surface area contributed by atoms with E-state index >= 15 is 0 Å². The summed E-state index contributed by atoms with van der Waals surface area (Å²) in [5, 5.41) is 3.80. The quantitative estimate of drug-likeness (QED) is 0.241. The van der Waals surface area contributed by atoms with E-state index in [0.717, 1.165) is 30.8 Å². The Morgan fingerprint density at radius 1 is 1.21 bits per heavy atom. The fourth-order valence-electron chi connectivity index (χ4n) is 4.71. The molecule has 3 heterocycles. The third kappa shape index (κ3) is 5.29. The van der Waals surface area contributed by atoms with E-state index in [2.05, 4.69) is 15.2 Å². The van der Waals surface area contributed by atoms with Gasteiger partial charge in [0.25, 0.3) is 5.91 Å². The smallest absolute Gasteiger partial charge is 0.251 e. The van der Waals surface area contributed by atoms with Crippen molar-refractivity contribution >= 4 is 45.9 Å². The molecular weight excluding hydrogens is 530 g/mol. The number of amides is 1. The molecule has 0 unspecified atom stereocenters. The van der Waals surface area contributed by atoms with Gasteiger partial charge in [-0.05, 0) is 62.7 Å². The maximum atomic E-state index is 14.1. The summed E-state index contributed by atoms with van der Waals surface area (Å²) in [6.45, 7) is 5.36. The summed E-state index contributed by atoms with van der Waals surface area (Å²) in [6, 6.07) is 9.87. The van der Waals surface area contributed by atoms with E-state index in [-0.39, 0.29) is 27.5 Å². The van der Waals surface area contributed by atoms with Gasteiger partial charge in [-0.15, -0.1) is 0 Å². The molecule has 0 aliphatic carbocycles. The number of pyridine rings is 1. The van der Waals surface area contributed by atoms with Crippen LogP contribution in [-0.2, 0) is 0 Å². The Kier molecular flexibility index (Phi) is 7.74. The van der Waals surface area contributed by atoms with Crippen molar-refractivity contribution in [2.45, 2.75) is 25.9 Å². The fraction of sp³-hybridized carbons (Fsp3) is 0.286. The van der Waals surface area contributed by atoms with Gasteiger partial charge >= 0.3 is 0 Å². The normalized spacial score (nSPS) is 14.6. The van der Waals surface area contributed by atoms with Crippen molar-refractivity contribution in [2.24, 2.45) is 0 Å². The molecule has 1 aliphatic heterocycles. The van der Waals surface area contributed by atoms with Gasteiger partial charge in [-0.2, -0.15) is 0 Å². The van der Waals surface area contributed by atoms with Crippen LogP contribution in [0.5, 0.6) is 5.75 Å². The van der Waals surface area contributed by atoms with Gasteiger partial charge in [-0.25, -0.2) is 9.37 Å². The van der Waals surface area contributed by atoms with Crippen molar-refractivity contribution in [1.29, 1.82) is 0 Å². The molecule has 3 N–H and O–H groups in total. The standard InChI is InChI=1S/C28H27Cl2FN4O3/c1-16(23-21(29)8-9-22(31)24(23)30)38-26-25-19(14-34-27(26)32)20(15-37-25)17-4-6-18(7-5-17)28(36)33-10-13-35-11-2-3-12-35/h4-9,14-16H,2-3,10-13H2,1H3,(H2,32,34)(H,33,36)/t16-/m1/s1. The topological polar surface area (TPSA) is 93.6 Å². The monoisotopic (exact) mass is 556 g/mol. The van der Waals surface area contributed by atoms with Crippen molar-refractivity contribution in [2.75, 3.05) is 31.9 Å². The number of nitrogens with one attached hydrogen (secondary N) is 1. The minimum atomic E-state index is -0.739. The minimum absolute atomic E-state index is 0.106. The van der Waals surface area contributed by atoms with E-state index in [1.807, 2.05) is 12.1 Å². The highest BCUT2D eigenvalue weighted by molar-refractivity contribution is 6.36. The van der Waals surface area contributed by atoms with Crippen LogP contribution in [0.1, 0.15) is 41.8 Å². The SMILES string of the molecule is C[C@@H](Oc1c(N)ncc2c(-c3ccc(C(=O)NCCN4CCCC4)cc3)coc12)c1c(Cl)ccc(F)c1Cl. The number of benzene rings is 2. The lowest BCUT2D eigenvalue weighted by Gasteiger charge is -2.18. The molecule has 1 amide bonds. The highest BCUT2D eigenvalue weighted by Crippen LogP contribution is 2.41. The molecular formula is C28H27Cl2FN4O3. The molecule has 0 spiro atoms. The van der Waals surface area contributed by atoms with Gasteiger partial charge in [0, 0.05) is 41.0 Å². The molecule has 7 nitrogen and oxygen atoms in total. The Morgan fingerprint density at radius 3 is 2.68 bits per heavy atom. The number of likely N-dealkylation sites (tertiary alicyclic amines) is 1. The van der Waals surface area contributed by atoms with Gasteiger partial charge in [-0.3, -0.25) is 4.79 Å². The Morgan fingerprint density at radius 2 is 1.95 bits per heavy atom. The summed E-state index contributed by atoms with van der Waals surface area (Å²) >= 11 is 12.4. The molecule has 2 aromatic carbocycles. The van der Waals surface area contributed by atoms with Crippen LogP contribution in [0, 0.1) is 5.82 Å². The molecule has 0 radical (unpaired) electrons. The fourth-order valence-corrected chi connectivity index (χ4v) is 5.38. The number of fused-ring (bicyclic) bond motifs is 1. The summed E-state index contributed by atoms with van der Waals surface area (Å²) in [4.78, 5) is 19.2. The highest BCUT2D eigenvalue weighted by atomic mass is 35.5. The molecule has 198 valence electrons. The van der Waals surface area contributed by atoms with E-state index in [9.17, 15) is 9.18 Å². The summed E-state index contributed by atoms with van der Waals surface area (Å²) in [5.41, 5.74) is 8.96. The molecule has 10 heteroatoms. The summed E-state index contributed by atoms with van der Waals surface area (Å²) < 4.78 is 26.0. The van der Waals surface area contributed by atoms with Crippen LogP contribution in [-0.4, -0.2) is 42.0 Å². The maximum Gasteiger partial charge on any atom is 0.251 e. The Labute approximate surface area is 229 Å². The van der Waals surface area contributed by atoms with E-state index in [4.69, 9.17) is 38.1 Å². The lowest BCUT2D eigenvalue weighted by atomic mass is 10.0. The van der Waals surface area contributed by atoms with E-state index in [1.165, 1.54) is 25.0 Å². The van der Waals surface area contributed by atoms with Crippen molar-refractivity contribution < 1.29 is 18.3 Å². The Hall–Kier alpha value is -3.33. The van der Waals surface area contributed by atoms with Crippen LogP contribution in [0.4, 0.5) is 10.2 Å². The van der Waals surface area contributed by atoms with Gasteiger partial charge in [0.2, 0.25) is 5.75 Å². The second-order valence-electron chi connectivity index (χ2n) is 9.26.